The average Bonchev–Trinajstić information content (AvgIpc) is 1.75. The van der Waals surface area contributed by atoms with Crippen molar-refractivity contribution >= 4 is 107 Å². The van der Waals surface area contributed by atoms with Crippen molar-refractivity contribution in [2.45, 2.75) is 24.2 Å². The highest BCUT2D eigenvalue weighted by molar-refractivity contribution is 7.68. The van der Waals surface area contributed by atoms with Gasteiger partial charge in [0.2, 0.25) is 6.69 Å². The molecule has 0 saturated heterocycles. The van der Waals surface area contributed by atoms with E-state index in [1.54, 1.807) is 6.55 Å². The predicted molar refractivity (Wildman–Crippen MR) is 83.3 cm³/mol. The summed E-state index contributed by atoms with van der Waals surface area (Å²) in [4.78, 5) is 0. The molecule has 11 heteroatoms. The molecule has 0 N–H and O–H groups in total. The van der Waals surface area contributed by atoms with Crippen LogP contribution in [0.4, 0.5) is 0 Å². The topological polar surface area (TPSA) is 0 Å². The number of rotatable bonds is 5. The van der Waals surface area contributed by atoms with Gasteiger partial charge in [0.05, 0.1) is 0 Å². The van der Waals surface area contributed by atoms with Crippen LogP contribution in [0.25, 0.3) is 0 Å². The van der Waals surface area contributed by atoms with Crippen molar-refractivity contribution in [2.75, 3.05) is 0 Å². The first-order chi connectivity index (χ1) is 6.31. The Morgan fingerprint density at radius 2 is 1.20 bits per heavy atom. The maximum atomic E-state index is 6.00. The minimum absolute atomic E-state index is 0.284. The lowest BCUT2D eigenvalue weighted by Crippen LogP contribution is -2.30. The van der Waals surface area contributed by atoms with Crippen molar-refractivity contribution in [3.05, 3.63) is 0 Å². The molecule has 0 aromatic carbocycles. The van der Waals surface area contributed by atoms with Crippen molar-refractivity contribution in [2.24, 2.45) is 0 Å². The molecule has 0 aliphatic carbocycles. The van der Waals surface area contributed by atoms with E-state index in [0.29, 0.717) is 12.1 Å². The Bertz CT molecular complexity index is 185. The highest BCUT2D eigenvalue weighted by Crippen LogP contribution is 2.48. The quantitative estimate of drug-likeness (QED) is 0.364. The van der Waals surface area contributed by atoms with Crippen molar-refractivity contribution in [3.63, 3.8) is 0 Å². The second kappa shape index (κ2) is 6.42. The Kier molecular flexibility index (Phi) is 7.69. The SMILES string of the molecule is C[Si](Cl)(Cl)CC(C[Si](Cl)(Cl)Cl)[Si](Cl)(Cl)Cl. The molecule has 92 valence electrons. The minimum Gasteiger partial charge on any atom is -0.146 e. The van der Waals surface area contributed by atoms with E-state index in [9.17, 15) is 0 Å². The van der Waals surface area contributed by atoms with Gasteiger partial charge >= 0.3 is 12.0 Å². The number of halogens is 8. The first-order valence-electron chi connectivity index (χ1n) is 3.82. The Labute approximate surface area is 130 Å². The fourth-order valence-electron chi connectivity index (χ4n) is 1.02. The first-order valence-corrected chi connectivity index (χ1v) is 18.9. The van der Waals surface area contributed by atoms with E-state index >= 15 is 0 Å². The van der Waals surface area contributed by atoms with Crippen LogP contribution >= 0.6 is 88.6 Å². The minimum atomic E-state index is -2.94. The van der Waals surface area contributed by atoms with E-state index in [1.807, 2.05) is 0 Å². The van der Waals surface area contributed by atoms with Gasteiger partial charge in [0.25, 0.3) is 0 Å². The van der Waals surface area contributed by atoms with Gasteiger partial charge in [-0.25, -0.2) is 0 Å². The summed E-state index contributed by atoms with van der Waals surface area (Å²) in [6.07, 6.45) is 0. The maximum absolute atomic E-state index is 6.00. The van der Waals surface area contributed by atoms with Crippen LogP contribution in [0.15, 0.2) is 0 Å². The van der Waals surface area contributed by atoms with Gasteiger partial charge in [-0.1, -0.05) is 0 Å². The van der Waals surface area contributed by atoms with Crippen LogP contribution in [0.2, 0.25) is 24.2 Å². The molecular formula is C4H8Cl8Si3. The molecule has 0 amide bonds. The lowest BCUT2D eigenvalue weighted by Gasteiger charge is -2.27. The Hall–Kier alpha value is 2.97. The molecule has 0 heterocycles. The molecule has 15 heavy (non-hydrogen) atoms. The summed E-state index contributed by atoms with van der Waals surface area (Å²) in [5.41, 5.74) is -0.284. The van der Waals surface area contributed by atoms with Crippen LogP contribution in [0.5, 0.6) is 0 Å². The van der Waals surface area contributed by atoms with E-state index in [-0.39, 0.29) is 5.54 Å². The summed E-state index contributed by atoms with van der Waals surface area (Å²) < 4.78 is 0. The summed E-state index contributed by atoms with van der Waals surface area (Å²) >= 11 is 47.2. The predicted octanol–water partition coefficient (Wildman–Crippen LogP) is 6.22. The zero-order chi connectivity index (χ0) is 12.5. The monoisotopic (exact) mass is 420 g/mol. The zero-order valence-electron chi connectivity index (χ0n) is 7.52. The van der Waals surface area contributed by atoms with Gasteiger partial charge < -0.3 is 0 Å². The van der Waals surface area contributed by atoms with Gasteiger partial charge in [-0.15, -0.1) is 88.6 Å². The van der Waals surface area contributed by atoms with Gasteiger partial charge in [-0.2, -0.15) is 0 Å². The Morgan fingerprint density at radius 3 is 1.40 bits per heavy atom. The van der Waals surface area contributed by atoms with E-state index in [2.05, 4.69) is 0 Å². The van der Waals surface area contributed by atoms with Crippen molar-refractivity contribution < 1.29 is 0 Å². The average molecular weight is 424 g/mol. The van der Waals surface area contributed by atoms with Crippen LogP contribution in [-0.4, -0.2) is 18.7 Å². The normalized spacial score (nSPS) is 16.6. The number of hydrogen-bond acceptors (Lipinski definition) is 0. The molecule has 0 radical (unpaired) electrons. The first kappa shape index (κ1) is 18.0. The summed E-state index contributed by atoms with van der Waals surface area (Å²) in [5.74, 6) is 0. The molecule has 1 atom stereocenters. The number of hydrogen-bond donors (Lipinski definition) is 0. The second-order valence-electron chi connectivity index (χ2n) is 3.33. The molecule has 0 rings (SSSR count). The molecule has 1 unspecified atom stereocenters. The van der Waals surface area contributed by atoms with Crippen molar-refractivity contribution in [1.29, 1.82) is 0 Å². The largest absolute Gasteiger partial charge is 0.343 e. The van der Waals surface area contributed by atoms with Crippen LogP contribution < -0.4 is 0 Å². The third-order valence-electron chi connectivity index (χ3n) is 1.55. The van der Waals surface area contributed by atoms with Crippen LogP contribution in [-0.2, 0) is 0 Å². The molecule has 0 aliphatic rings. The maximum Gasteiger partial charge on any atom is 0.343 e. The summed E-state index contributed by atoms with van der Waals surface area (Å²) in [5, 5.41) is 0. The summed E-state index contributed by atoms with van der Waals surface area (Å²) in [7, 11) is 0. The zero-order valence-corrected chi connectivity index (χ0v) is 16.6. The van der Waals surface area contributed by atoms with E-state index in [4.69, 9.17) is 88.6 Å². The Morgan fingerprint density at radius 1 is 0.800 bits per heavy atom. The molecule has 0 aliphatic heterocycles. The second-order valence-corrected chi connectivity index (χ2v) is 29.7. The third kappa shape index (κ3) is 10.6. The van der Waals surface area contributed by atoms with Gasteiger partial charge in [0.15, 0.2) is 0 Å². The van der Waals surface area contributed by atoms with Gasteiger partial charge in [-0.05, 0) is 24.2 Å². The summed E-state index contributed by atoms with van der Waals surface area (Å²) in [6.45, 7) is -0.600. The van der Waals surface area contributed by atoms with Gasteiger partial charge in [0, 0.05) is 0 Å². The molecular weight excluding hydrogens is 416 g/mol. The van der Waals surface area contributed by atoms with Gasteiger partial charge in [0.1, 0.15) is 0 Å². The van der Waals surface area contributed by atoms with E-state index in [0.717, 1.165) is 0 Å². The van der Waals surface area contributed by atoms with Crippen LogP contribution in [0.1, 0.15) is 0 Å². The lowest BCUT2D eigenvalue weighted by atomic mass is 10.5. The van der Waals surface area contributed by atoms with Crippen molar-refractivity contribution in [3.8, 4) is 0 Å². The van der Waals surface area contributed by atoms with Gasteiger partial charge in [-0.3, -0.25) is 0 Å². The van der Waals surface area contributed by atoms with E-state index in [1.165, 1.54) is 0 Å². The highest BCUT2D eigenvalue weighted by atomic mass is 35.8. The standard InChI is InChI=1S/C4H8Cl8Si3/c1-13(5,6)2-4(15(10,11)12)3-14(7,8)9/h4H,2-3H2,1H3. The summed E-state index contributed by atoms with van der Waals surface area (Å²) in [6, 6.07) is -5.03. The molecule has 0 spiro atoms. The van der Waals surface area contributed by atoms with Crippen molar-refractivity contribution in [1.82, 2.24) is 0 Å². The molecule has 0 aromatic heterocycles. The molecule has 0 fully saturated rings. The third-order valence-corrected chi connectivity index (χ3v) is 11.0. The Balaban J connectivity index is 4.62. The van der Waals surface area contributed by atoms with Crippen LogP contribution in [0.3, 0.4) is 0 Å². The van der Waals surface area contributed by atoms with E-state index < -0.39 is 18.7 Å². The highest BCUT2D eigenvalue weighted by Gasteiger charge is 2.46. The lowest BCUT2D eigenvalue weighted by molar-refractivity contribution is 1.03. The fourth-order valence-corrected chi connectivity index (χ4v) is 15.9. The molecule has 0 aromatic rings. The molecule has 0 bridgehead atoms. The smallest absolute Gasteiger partial charge is 0.146 e. The van der Waals surface area contributed by atoms with Crippen LogP contribution in [0, 0.1) is 0 Å². The molecule has 0 saturated carbocycles. The molecule has 0 nitrogen and oxygen atoms in total. The fraction of sp³-hybridized carbons (Fsp3) is 1.00.